The molecule has 106 valence electrons. The van der Waals surface area contributed by atoms with Gasteiger partial charge in [-0.2, -0.15) is 4.98 Å². The van der Waals surface area contributed by atoms with Gasteiger partial charge in [-0.05, 0) is 25.0 Å². The van der Waals surface area contributed by atoms with Crippen molar-refractivity contribution in [1.29, 1.82) is 0 Å². The summed E-state index contributed by atoms with van der Waals surface area (Å²) in [7, 11) is 0. The van der Waals surface area contributed by atoms with Crippen molar-refractivity contribution in [2.75, 3.05) is 0 Å². The van der Waals surface area contributed by atoms with Gasteiger partial charge in [0.05, 0.1) is 6.54 Å². The molecular weight excluding hydrogens is 254 g/mol. The number of hydrogen-bond donors (Lipinski definition) is 1. The number of amides is 1. The van der Waals surface area contributed by atoms with Gasteiger partial charge in [0.1, 0.15) is 0 Å². The molecular formula is C15H19N3O2. The maximum Gasteiger partial charge on any atom is 0.251 e. The Bertz CT molecular complexity index is 573. The van der Waals surface area contributed by atoms with Crippen LogP contribution in [-0.4, -0.2) is 16.0 Å². The second kappa shape index (κ2) is 6.32. The van der Waals surface area contributed by atoms with Crippen LogP contribution in [0, 0.1) is 12.8 Å². The molecule has 1 heterocycles. The number of aromatic nitrogens is 2. The SMILES string of the molecule is Cc1ccc(C(=O)NCc2noc(CC(C)C)n2)cc1. The first-order valence-electron chi connectivity index (χ1n) is 6.71. The summed E-state index contributed by atoms with van der Waals surface area (Å²) < 4.78 is 5.12. The van der Waals surface area contributed by atoms with E-state index in [0.717, 1.165) is 12.0 Å². The summed E-state index contributed by atoms with van der Waals surface area (Å²) >= 11 is 0. The zero-order valence-electron chi connectivity index (χ0n) is 12.0. The Morgan fingerprint density at radius 2 is 2.00 bits per heavy atom. The minimum atomic E-state index is -0.139. The van der Waals surface area contributed by atoms with Crippen molar-refractivity contribution >= 4 is 5.91 Å². The normalized spacial score (nSPS) is 10.8. The second-order valence-corrected chi connectivity index (χ2v) is 5.25. The highest BCUT2D eigenvalue weighted by Gasteiger charge is 2.10. The third kappa shape index (κ3) is 3.91. The largest absolute Gasteiger partial charge is 0.345 e. The van der Waals surface area contributed by atoms with Gasteiger partial charge in [0.2, 0.25) is 5.89 Å². The summed E-state index contributed by atoms with van der Waals surface area (Å²) in [6.45, 7) is 6.43. The highest BCUT2D eigenvalue weighted by molar-refractivity contribution is 5.94. The van der Waals surface area contributed by atoms with Gasteiger partial charge in [0, 0.05) is 12.0 Å². The number of benzene rings is 1. The van der Waals surface area contributed by atoms with E-state index in [-0.39, 0.29) is 12.5 Å². The van der Waals surface area contributed by atoms with Crippen LogP contribution in [0.25, 0.3) is 0 Å². The molecule has 0 aliphatic carbocycles. The Morgan fingerprint density at radius 1 is 1.30 bits per heavy atom. The van der Waals surface area contributed by atoms with Gasteiger partial charge in [-0.3, -0.25) is 4.79 Å². The van der Waals surface area contributed by atoms with E-state index >= 15 is 0 Å². The summed E-state index contributed by atoms with van der Waals surface area (Å²) in [4.78, 5) is 16.2. The first-order valence-corrected chi connectivity index (χ1v) is 6.71. The van der Waals surface area contributed by atoms with Crippen molar-refractivity contribution < 1.29 is 9.32 Å². The smallest absolute Gasteiger partial charge is 0.251 e. The summed E-state index contributed by atoms with van der Waals surface area (Å²) in [5, 5.41) is 6.63. The van der Waals surface area contributed by atoms with Gasteiger partial charge in [0.15, 0.2) is 5.82 Å². The minimum Gasteiger partial charge on any atom is -0.345 e. The van der Waals surface area contributed by atoms with Crippen molar-refractivity contribution in [3.8, 4) is 0 Å². The predicted molar refractivity (Wildman–Crippen MR) is 75.2 cm³/mol. The van der Waals surface area contributed by atoms with E-state index in [1.54, 1.807) is 12.1 Å². The third-order valence-electron chi connectivity index (χ3n) is 2.81. The quantitative estimate of drug-likeness (QED) is 0.908. The Kier molecular flexibility index (Phi) is 4.50. The number of carbonyl (C=O) groups excluding carboxylic acids is 1. The lowest BCUT2D eigenvalue weighted by Gasteiger charge is -2.02. The van der Waals surface area contributed by atoms with Crippen LogP contribution in [0.15, 0.2) is 28.8 Å². The van der Waals surface area contributed by atoms with Crippen LogP contribution in [0.1, 0.15) is 41.5 Å². The Hall–Kier alpha value is -2.17. The molecule has 0 unspecified atom stereocenters. The van der Waals surface area contributed by atoms with Crippen molar-refractivity contribution in [2.24, 2.45) is 5.92 Å². The van der Waals surface area contributed by atoms with E-state index < -0.39 is 0 Å². The molecule has 2 aromatic rings. The van der Waals surface area contributed by atoms with Gasteiger partial charge < -0.3 is 9.84 Å². The first kappa shape index (κ1) is 14.2. The lowest BCUT2D eigenvalue weighted by Crippen LogP contribution is -2.23. The number of nitrogens with one attached hydrogen (secondary N) is 1. The zero-order chi connectivity index (χ0) is 14.5. The van der Waals surface area contributed by atoms with Crippen LogP contribution in [0.4, 0.5) is 0 Å². The molecule has 0 aliphatic heterocycles. The van der Waals surface area contributed by atoms with Gasteiger partial charge in [-0.1, -0.05) is 36.7 Å². The summed E-state index contributed by atoms with van der Waals surface area (Å²) in [5.41, 5.74) is 1.75. The number of carbonyl (C=O) groups is 1. The van der Waals surface area contributed by atoms with E-state index in [9.17, 15) is 4.79 Å². The monoisotopic (exact) mass is 273 g/mol. The summed E-state index contributed by atoms with van der Waals surface area (Å²) in [6.07, 6.45) is 0.749. The third-order valence-corrected chi connectivity index (χ3v) is 2.81. The zero-order valence-corrected chi connectivity index (χ0v) is 12.0. The molecule has 5 nitrogen and oxygen atoms in total. The molecule has 0 spiro atoms. The van der Waals surface area contributed by atoms with Crippen LogP contribution in [0.2, 0.25) is 0 Å². The van der Waals surface area contributed by atoms with E-state index in [1.165, 1.54) is 0 Å². The molecule has 1 aromatic carbocycles. The maximum atomic E-state index is 11.9. The molecule has 5 heteroatoms. The predicted octanol–water partition coefficient (Wildman–Crippen LogP) is 2.51. The average Bonchev–Trinajstić information content (AvgIpc) is 2.83. The molecule has 0 saturated heterocycles. The summed E-state index contributed by atoms with van der Waals surface area (Å²) in [5.74, 6) is 1.44. The molecule has 0 radical (unpaired) electrons. The van der Waals surface area contributed by atoms with Crippen LogP contribution in [0.5, 0.6) is 0 Å². The maximum absolute atomic E-state index is 11.9. The highest BCUT2D eigenvalue weighted by Crippen LogP contribution is 2.06. The first-order chi connectivity index (χ1) is 9.54. The van der Waals surface area contributed by atoms with E-state index in [1.807, 2.05) is 19.1 Å². The number of aryl methyl sites for hydroxylation is 1. The van der Waals surface area contributed by atoms with Crippen LogP contribution < -0.4 is 5.32 Å². The number of nitrogens with zero attached hydrogens (tertiary/aromatic N) is 2. The number of rotatable bonds is 5. The van der Waals surface area contributed by atoms with E-state index in [4.69, 9.17) is 4.52 Å². The lowest BCUT2D eigenvalue weighted by molar-refractivity contribution is 0.0949. The van der Waals surface area contributed by atoms with Gasteiger partial charge >= 0.3 is 0 Å². The Labute approximate surface area is 118 Å². The molecule has 0 fully saturated rings. The van der Waals surface area contributed by atoms with E-state index in [2.05, 4.69) is 29.3 Å². The average molecular weight is 273 g/mol. The van der Waals surface area contributed by atoms with Crippen molar-refractivity contribution in [3.05, 3.63) is 47.1 Å². The molecule has 0 saturated carbocycles. The van der Waals surface area contributed by atoms with Gasteiger partial charge in [-0.25, -0.2) is 0 Å². The molecule has 1 N–H and O–H groups in total. The molecule has 20 heavy (non-hydrogen) atoms. The standard InChI is InChI=1S/C15H19N3O2/c1-10(2)8-14-17-13(18-20-14)9-16-15(19)12-6-4-11(3)5-7-12/h4-7,10H,8-9H2,1-3H3,(H,16,19). The van der Waals surface area contributed by atoms with Crippen molar-refractivity contribution in [2.45, 2.75) is 33.7 Å². The molecule has 0 aliphatic rings. The molecule has 1 amide bonds. The van der Waals surface area contributed by atoms with Crippen LogP contribution in [-0.2, 0) is 13.0 Å². The van der Waals surface area contributed by atoms with Crippen LogP contribution in [0.3, 0.4) is 0 Å². The Balaban J connectivity index is 1.90. The highest BCUT2D eigenvalue weighted by atomic mass is 16.5. The minimum absolute atomic E-state index is 0.139. The Morgan fingerprint density at radius 3 is 2.65 bits per heavy atom. The van der Waals surface area contributed by atoms with Crippen molar-refractivity contribution in [1.82, 2.24) is 15.5 Å². The number of hydrogen-bond acceptors (Lipinski definition) is 4. The molecule has 2 rings (SSSR count). The fourth-order valence-corrected chi connectivity index (χ4v) is 1.76. The van der Waals surface area contributed by atoms with Crippen LogP contribution >= 0.6 is 0 Å². The summed E-state index contributed by atoms with van der Waals surface area (Å²) in [6, 6.07) is 7.41. The van der Waals surface area contributed by atoms with Gasteiger partial charge in [0.25, 0.3) is 5.91 Å². The second-order valence-electron chi connectivity index (χ2n) is 5.25. The fourth-order valence-electron chi connectivity index (χ4n) is 1.76. The lowest BCUT2D eigenvalue weighted by atomic mass is 10.1. The van der Waals surface area contributed by atoms with Crippen molar-refractivity contribution in [3.63, 3.8) is 0 Å². The van der Waals surface area contributed by atoms with E-state index in [0.29, 0.717) is 23.2 Å². The van der Waals surface area contributed by atoms with Gasteiger partial charge in [-0.15, -0.1) is 0 Å². The molecule has 0 atom stereocenters. The molecule has 0 bridgehead atoms. The molecule has 1 aromatic heterocycles. The topological polar surface area (TPSA) is 68.0 Å². The fraction of sp³-hybridized carbons (Fsp3) is 0.400.